The Hall–Kier alpha value is -1.91. The van der Waals surface area contributed by atoms with Gasteiger partial charge in [-0.1, -0.05) is 19.4 Å². The number of benzene rings is 1. The lowest BCUT2D eigenvalue weighted by Crippen LogP contribution is -2.28. The summed E-state index contributed by atoms with van der Waals surface area (Å²) in [6.07, 6.45) is 1.82. The predicted molar refractivity (Wildman–Crippen MR) is 66.3 cm³/mol. The molecule has 0 aliphatic heterocycles. The Morgan fingerprint density at radius 3 is 2.61 bits per heavy atom. The minimum absolute atomic E-state index is 0.175. The molecule has 0 radical (unpaired) electrons. The van der Waals surface area contributed by atoms with Crippen LogP contribution in [0.4, 0.5) is 10.1 Å². The van der Waals surface area contributed by atoms with E-state index in [1.54, 1.807) is 0 Å². The van der Waals surface area contributed by atoms with Crippen molar-refractivity contribution in [3.63, 3.8) is 0 Å². The van der Waals surface area contributed by atoms with E-state index >= 15 is 0 Å². The molecule has 0 saturated carbocycles. The number of hydrogen-bond acceptors (Lipinski definition) is 2. The van der Waals surface area contributed by atoms with Crippen molar-refractivity contribution in [3.05, 3.63) is 29.6 Å². The molecule has 1 amide bonds. The Bertz CT molecular complexity index is 460. The molecule has 0 aromatic heterocycles. The molecule has 0 fully saturated rings. The number of unbranched alkanes of at least 4 members (excludes halogenated alkanes) is 1. The van der Waals surface area contributed by atoms with Crippen LogP contribution in [-0.2, 0) is 4.79 Å². The number of carbonyl (C=O) groups is 2. The summed E-state index contributed by atoms with van der Waals surface area (Å²) in [4.78, 5) is 23.9. The molecule has 0 saturated heterocycles. The standard InChI is InChI=1S/C13H16FNO3/c1-3-4-8-11(16)15(2)12-9(13(17)18)6-5-7-10(12)14/h5-7H,3-4,8H2,1-2H3,(H,17,18). The van der Waals surface area contributed by atoms with Crippen molar-refractivity contribution in [2.24, 2.45) is 0 Å². The van der Waals surface area contributed by atoms with Crippen LogP contribution in [0.25, 0.3) is 0 Å². The van der Waals surface area contributed by atoms with Crippen LogP contribution < -0.4 is 4.90 Å². The number of carboxylic acid groups (broad SMARTS) is 1. The predicted octanol–water partition coefficient (Wildman–Crippen LogP) is 2.68. The minimum atomic E-state index is -1.25. The summed E-state index contributed by atoms with van der Waals surface area (Å²) >= 11 is 0. The van der Waals surface area contributed by atoms with E-state index < -0.39 is 11.8 Å². The molecule has 0 heterocycles. The van der Waals surface area contributed by atoms with Gasteiger partial charge in [0.1, 0.15) is 5.82 Å². The first kappa shape index (κ1) is 14.2. The Labute approximate surface area is 105 Å². The number of para-hydroxylation sites is 1. The van der Waals surface area contributed by atoms with E-state index in [1.807, 2.05) is 6.92 Å². The molecular weight excluding hydrogens is 237 g/mol. The number of amides is 1. The highest BCUT2D eigenvalue weighted by Gasteiger charge is 2.21. The number of carboxylic acids is 1. The molecule has 0 atom stereocenters. The van der Waals surface area contributed by atoms with E-state index in [0.29, 0.717) is 6.42 Å². The van der Waals surface area contributed by atoms with Gasteiger partial charge in [-0.15, -0.1) is 0 Å². The summed E-state index contributed by atoms with van der Waals surface area (Å²) in [5.41, 5.74) is -0.381. The third-order valence-corrected chi connectivity index (χ3v) is 2.67. The van der Waals surface area contributed by atoms with Gasteiger partial charge in [0.2, 0.25) is 5.91 Å². The fourth-order valence-electron chi connectivity index (χ4n) is 1.65. The van der Waals surface area contributed by atoms with Crippen LogP contribution in [0.5, 0.6) is 0 Å². The Balaban J connectivity index is 3.07. The maximum atomic E-state index is 13.7. The summed E-state index contributed by atoms with van der Waals surface area (Å²) in [5.74, 6) is -2.24. The van der Waals surface area contributed by atoms with Crippen molar-refractivity contribution < 1.29 is 19.1 Å². The van der Waals surface area contributed by atoms with E-state index in [2.05, 4.69) is 0 Å². The lowest BCUT2D eigenvalue weighted by molar-refractivity contribution is -0.118. The van der Waals surface area contributed by atoms with Gasteiger partial charge in [0.15, 0.2) is 0 Å². The molecule has 4 nitrogen and oxygen atoms in total. The molecule has 5 heteroatoms. The SMILES string of the molecule is CCCCC(=O)N(C)c1c(F)cccc1C(=O)O. The lowest BCUT2D eigenvalue weighted by Gasteiger charge is -2.19. The van der Waals surface area contributed by atoms with Crippen molar-refractivity contribution in [1.82, 2.24) is 0 Å². The number of anilines is 1. The monoisotopic (exact) mass is 253 g/mol. The topological polar surface area (TPSA) is 57.6 Å². The zero-order valence-corrected chi connectivity index (χ0v) is 10.4. The van der Waals surface area contributed by atoms with E-state index in [4.69, 9.17) is 5.11 Å². The summed E-state index contributed by atoms with van der Waals surface area (Å²) in [7, 11) is 1.39. The van der Waals surface area contributed by atoms with E-state index in [-0.39, 0.29) is 23.6 Å². The van der Waals surface area contributed by atoms with Crippen molar-refractivity contribution in [1.29, 1.82) is 0 Å². The highest BCUT2D eigenvalue weighted by atomic mass is 19.1. The van der Waals surface area contributed by atoms with Gasteiger partial charge in [0, 0.05) is 13.5 Å². The van der Waals surface area contributed by atoms with Crippen LogP contribution in [0.2, 0.25) is 0 Å². The van der Waals surface area contributed by atoms with Crippen LogP contribution in [0, 0.1) is 5.82 Å². The third-order valence-electron chi connectivity index (χ3n) is 2.67. The zero-order valence-electron chi connectivity index (χ0n) is 10.4. The van der Waals surface area contributed by atoms with Crippen LogP contribution in [0.3, 0.4) is 0 Å². The van der Waals surface area contributed by atoms with Crippen molar-refractivity contribution in [3.8, 4) is 0 Å². The number of rotatable bonds is 5. The molecule has 0 spiro atoms. The second-order valence-corrected chi connectivity index (χ2v) is 4.00. The second-order valence-electron chi connectivity index (χ2n) is 4.00. The number of hydrogen-bond donors (Lipinski definition) is 1. The summed E-state index contributed by atoms with van der Waals surface area (Å²) in [5, 5.41) is 8.99. The van der Waals surface area contributed by atoms with Gasteiger partial charge in [-0.05, 0) is 18.6 Å². The zero-order chi connectivity index (χ0) is 13.7. The molecular formula is C13H16FNO3. The summed E-state index contributed by atoms with van der Waals surface area (Å²) < 4.78 is 13.7. The Morgan fingerprint density at radius 1 is 1.39 bits per heavy atom. The maximum Gasteiger partial charge on any atom is 0.337 e. The van der Waals surface area contributed by atoms with Crippen LogP contribution in [0.1, 0.15) is 36.5 Å². The quantitative estimate of drug-likeness (QED) is 0.877. The number of halogens is 1. The molecule has 0 bridgehead atoms. The van der Waals surface area contributed by atoms with Crippen molar-refractivity contribution in [2.45, 2.75) is 26.2 Å². The van der Waals surface area contributed by atoms with Gasteiger partial charge in [0.05, 0.1) is 11.3 Å². The van der Waals surface area contributed by atoms with Crippen LogP contribution in [0.15, 0.2) is 18.2 Å². The maximum absolute atomic E-state index is 13.7. The molecule has 0 aliphatic rings. The molecule has 1 aromatic rings. The fraction of sp³-hybridized carbons (Fsp3) is 0.385. The minimum Gasteiger partial charge on any atom is -0.478 e. The molecule has 18 heavy (non-hydrogen) atoms. The number of nitrogens with zero attached hydrogens (tertiary/aromatic N) is 1. The summed E-state index contributed by atoms with van der Waals surface area (Å²) in [6, 6.07) is 3.74. The molecule has 0 aliphatic carbocycles. The Kier molecular flexibility index (Phi) is 4.83. The molecule has 98 valence electrons. The van der Waals surface area contributed by atoms with Gasteiger partial charge in [-0.2, -0.15) is 0 Å². The second kappa shape index (κ2) is 6.14. The first-order valence-electron chi connectivity index (χ1n) is 5.77. The molecule has 0 unspecified atom stereocenters. The fourth-order valence-corrected chi connectivity index (χ4v) is 1.65. The van der Waals surface area contributed by atoms with Gasteiger partial charge in [-0.3, -0.25) is 4.79 Å². The number of carbonyl (C=O) groups excluding carboxylic acids is 1. The average Bonchev–Trinajstić information content (AvgIpc) is 2.34. The molecule has 1 rings (SSSR count). The van der Waals surface area contributed by atoms with Gasteiger partial charge in [-0.25, -0.2) is 9.18 Å². The molecule has 1 N–H and O–H groups in total. The van der Waals surface area contributed by atoms with Crippen LogP contribution >= 0.6 is 0 Å². The lowest BCUT2D eigenvalue weighted by atomic mass is 10.1. The van der Waals surface area contributed by atoms with E-state index in [0.717, 1.165) is 17.4 Å². The third kappa shape index (κ3) is 3.06. The highest BCUT2D eigenvalue weighted by Crippen LogP contribution is 2.24. The van der Waals surface area contributed by atoms with E-state index in [9.17, 15) is 14.0 Å². The smallest absolute Gasteiger partial charge is 0.337 e. The summed E-state index contributed by atoms with van der Waals surface area (Å²) in [6.45, 7) is 1.94. The average molecular weight is 253 g/mol. The van der Waals surface area contributed by atoms with E-state index in [1.165, 1.54) is 19.2 Å². The van der Waals surface area contributed by atoms with Gasteiger partial charge in [0.25, 0.3) is 0 Å². The first-order chi connectivity index (χ1) is 8.49. The largest absolute Gasteiger partial charge is 0.478 e. The number of aromatic carboxylic acids is 1. The Morgan fingerprint density at radius 2 is 2.06 bits per heavy atom. The van der Waals surface area contributed by atoms with Gasteiger partial charge >= 0.3 is 5.97 Å². The van der Waals surface area contributed by atoms with Crippen LogP contribution in [-0.4, -0.2) is 24.0 Å². The molecule has 1 aromatic carbocycles. The first-order valence-corrected chi connectivity index (χ1v) is 5.77. The normalized spacial score (nSPS) is 10.2. The highest BCUT2D eigenvalue weighted by molar-refractivity contribution is 6.01. The van der Waals surface area contributed by atoms with Crippen molar-refractivity contribution >= 4 is 17.6 Å². The van der Waals surface area contributed by atoms with Crippen molar-refractivity contribution in [2.75, 3.05) is 11.9 Å². The van der Waals surface area contributed by atoms with Gasteiger partial charge < -0.3 is 10.0 Å².